The smallest absolute Gasteiger partial charge is 0.0870 e. The average Bonchev–Trinajstić information content (AvgIpc) is 2.02. The molecule has 0 aliphatic carbocycles. The molecule has 0 amide bonds. The molecule has 2 saturated heterocycles. The van der Waals surface area contributed by atoms with Crippen LogP contribution < -0.4 is 5.73 Å². The lowest BCUT2D eigenvalue weighted by molar-refractivity contribution is -0.131. The highest BCUT2D eigenvalue weighted by Gasteiger charge is 2.35. The van der Waals surface area contributed by atoms with Crippen LogP contribution >= 0.6 is 12.2 Å². The van der Waals surface area contributed by atoms with Crippen molar-refractivity contribution < 1.29 is 9.47 Å². The van der Waals surface area contributed by atoms with Gasteiger partial charge in [0.25, 0.3) is 0 Å². The van der Waals surface area contributed by atoms with Gasteiger partial charge in [0.05, 0.1) is 43.5 Å². The standard InChI is InChI=1S/C8H14N2O2S/c9-8(13)1-10-6-2-11-4-7(10)5-12-3-6/h6-7H,1-5H2,(H2,9,13). The highest BCUT2D eigenvalue weighted by Crippen LogP contribution is 2.18. The van der Waals surface area contributed by atoms with Gasteiger partial charge in [0.2, 0.25) is 0 Å². The van der Waals surface area contributed by atoms with E-state index in [1.807, 2.05) is 0 Å². The van der Waals surface area contributed by atoms with E-state index in [1.165, 1.54) is 0 Å². The molecule has 0 aromatic rings. The van der Waals surface area contributed by atoms with Gasteiger partial charge in [0.15, 0.2) is 0 Å². The summed E-state index contributed by atoms with van der Waals surface area (Å²) in [6, 6.07) is 0.683. The molecule has 2 aliphatic heterocycles. The Labute approximate surface area is 83.0 Å². The van der Waals surface area contributed by atoms with Gasteiger partial charge in [-0.1, -0.05) is 12.2 Å². The zero-order chi connectivity index (χ0) is 9.26. The Balaban J connectivity index is 2.02. The second kappa shape index (κ2) is 3.88. The third-order valence-electron chi connectivity index (χ3n) is 2.52. The van der Waals surface area contributed by atoms with Gasteiger partial charge in [-0.05, 0) is 0 Å². The van der Waals surface area contributed by atoms with Gasteiger partial charge in [-0.25, -0.2) is 0 Å². The number of rotatable bonds is 2. The van der Waals surface area contributed by atoms with Crippen molar-refractivity contribution in [3.8, 4) is 0 Å². The van der Waals surface area contributed by atoms with Crippen LogP contribution in [0.15, 0.2) is 0 Å². The Kier molecular flexibility index (Phi) is 2.78. The molecule has 2 heterocycles. The third-order valence-corrected chi connectivity index (χ3v) is 2.65. The molecule has 2 aliphatic rings. The monoisotopic (exact) mass is 202 g/mol. The minimum absolute atomic E-state index is 0.342. The summed E-state index contributed by atoms with van der Waals surface area (Å²) in [5, 5.41) is 0. The van der Waals surface area contributed by atoms with E-state index in [9.17, 15) is 0 Å². The predicted molar refractivity (Wildman–Crippen MR) is 52.7 cm³/mol. The first-order chi connectivity index (χ1) is 6.27. The SMILES string of the molecule is NC(=S)CN1C2COCC1COC2. The number of fused-ring (bicyclic) bond motifs is 2. The molecular formula is C8H14N2O2S. The molecular weight excluding hydrogens is 188 g/mol. The minimum atomic E-state index is 0.342. The van der Waals surface area contributed by atoms with E-state index in [-0.39, 0.29) is 0 Å². The van der Waals surface area contributed by atoms with Crippen molar-refractivity contribution in [2.75, 3.05) is 33.0 Å². The number of hydrogen-bond acceptors (Lipinski definition) is 4. The number of ether oxygens (including phenoxy) is 2. The van der Waals surface area contributed by atoms with E-state index in [0.717, 1.165) is 26.4 Å². The normalized spacial score (nSPS) is 34.5. The second-order valence-corrected chi connectivity index (χ2v) is 4.05. The molecule has 0 aromatic carbocycles. The van der Waals surface area contributed by atoms with E-state index in [4.69, 9.17) is 27.4 Å². The van der Waals surface area contributed by atoms with Crippen molar-refractivity contribution in [3.63, 3.8) is 0 Å². The fourth-order valence-corrected chi connectivity index (χ4v) is 2.04. The Morgan fingerprint density at radius 1 is 1.23 bits per heavy atom. The molecule has 0 unspecified atom stereocenters. The van der Waals surface area contributed by atoms with Gasteiger partial charge in [-0.2, -0.15) is 0 Å². The average molecular weight is 202 g/mol. The maximum absolute atomic E-state index is 5.53. The van der Waals surface area contributed by atoms with Gasteiger partial charge >= 0.3 is 0 Å². The van der Waals surface area contributed by atoms with Crippen LogP contribution in [0.2, 0.25) is 0 Å². The Morgan fingerprint density at radius 2 is 1.69 bits per heavy atom. The quantitative estimate of drug-likeness (QED) is 0.604. The fraction of sp³-hybridized carbons (Fsp3) is 0.875. The van der Waals surface area contributed by atoms with E-state index >= 15 is 0 Å². The molecule has 0 radical (unpaired) electrons. The van der Waals surface area contributed by atoms with E-state index in [1.54, 1.807) is 0 Å². The number of nitrogens with two attached hydrogens (primary N) is 1. The molecule has 0 saturated carbocycles. The zero-order valence-corrected chi connectivity index (χ0v) is 8.26. The topological polar surface area (TPSA) is 47.7 Å². The first kappa shape index (κ1) is 9.33. The summed E-state index contributed by atoms with van der Waals surface area (Å²) < 4.78 is 10.9. The Morgan fingerprint density at radius 3 is 2.08 bits per heavy atom. The summed E-state index contributed by atoms with van der Waals surface area (Å²) >= 11 is 4.91. The molecule has 13 heavy (non-hydrogen) atoms. The lowest BCUT2D eigenvalue weighted by atomic mass is 10.1. The number of hydrogen-bond donors (Lipinski definition) is 1. The Bertz CT molecular complexity index is 190. The lowest BCUT2D eigenvalue weighted by Crippen LogP contribution is -2.61. The highest BCUT2D eigenvalue weighted by atomic mass is 32.1. The van der Waals surface area contributed by atoms with E-state index in [2.05, 4.69) is 4.90 Å². The molecule has 4 nitrogen and oxygen atoms in total. The zero-order valence-electron chi connectivity index (χ0n) is 7.44. The van der Waals surface area contributed by atoms with Gasteiger partial charge < -0.3 is 15.2 Å². The summed E-state index contributed by atoms with van der Waals surface area (Å²) in [6.45, 7) is 3.63. The van der Waals surface area contributed by atoms with Crippen LogP contribution in [0.5, 0.6) is 0 Å². The molecule has 2 bridgehead atoms. The summed E-state index contributed by atoms with van der Waals surface area (Å²) in [6.07, 6.45) is 0. The van der Waals surface area contributed by atoms with E-state index in [0.29, 0.717) is 23.6 Å². The van der Waals surface area contributed by atoms with Crippen LogP contribution in [-0.4, -0.2) is 54.9 Å². The van der Waals surface area contributed by atoms with Gasteiger partial charge in [0, 0.05) is 6.54 Å². The van der Waals surface area contributed by atoms with Crippen LogP contribution in [0.4, 0.5) is 0 Å². The second-order valence-electron chi connectivity index (χ2n) is 3.52. The number of thiocarbonyl (C=S) groups is 1. The molecule has 0 atom stereocenters. The Hall–Kier alpha value is -0.230. The molecule has 5 heteroatoms. The van der Waals surface area contributed by atoms with Crippen molar-refractivity contribution in [1.29, 1.82) is 0 Å². The maximum atomic E-state index is 5.53. The van der Waals surface area contributed by atoms with Crippen LogP contribution in [-0.2, 0) is 9.47 Å². The molecule has 0 aromatic heterocycles. The molecule has 2 fully saturated rings. The molecule has 0 spiro atoms. The van der Waals surface area contributed by atoms with Gasteiger partial charge in [-0.3, -0.25) is 4.90 Å². The van der Waals surface area contributed by atoms with Crippen molar-refractivity contribution in [1.82, 2.24) is 4.90 Å². The van der Waals surface area contributed by atoms with Crippen LogP contribution in [0.25, 0.3) is 0 Å². The summed E-state index contributed by atoms with van der Waals surface area (Å²) in [5.74, 6) is 0. The molecule has 2 rings (SSSR count). The maximum Gasteiger partial charge on any atom is 0.0870 e. The highest BCUT2D eigenvalue weighted by molar-refractivity contribution is 7.80. The first-order valence-corrected chi connectivity index (χ1v) is 4.87. The minimum Gasteiger partial charge on any atom is -0.392 e. The van der Waals surface area contributed by atoms with Crippen molar-refractivity contribution in [2.24, 2.45) is 5.73 Å². The van der Waals surface area contributed by atoms with E-state index < -0.39 is 0 Å². The number of morpholine rings is 2. The van der Waals surface area contributed by atoms with Gasteiger partial charge in [0.1, 0.15) is 0 Å². The van der Waals surface area contributed by atoms with Crippen LogP contribution in [0.3, 0.4) is 0 Å². The fourth-order valence-electron chi connectivity index (χ4n) is 1.90. The first-order valence-electron chi connectivity index (χ1n) is 4.47. The largest absolute Gasteiger partial charge is 0.392 e. The summed E-state index contributed by atoms with van der Waals surface area (Å²) in [7, 11) is 0. The van der Waals surface area contributed by atoms with Gasteiger partial charge in [-0.15, -0.1) is 0 Å². The molecule has 2 N–H and O–H groups in total. The van der Waals surface area contributed by atoms with Crippen LogP contribution in [0.1, 0.15) is 0 Å². The van der Waals surface area contributed by atoms with Crippen molar-refractivity contribution in [3.05, 3.63) is 0 Å². The summed E-state index contributed by atoms with van der Waals surface area (Å²) in [4.78, 5) is 2.86. The lowest BCUT2D eigenvalue weighted by Gasteiger charge is -2.45. The van der Waals surface area contributed by atoms with Crippen molar-refractivity contribution >= 4 is 17.2 Å². The number of nitrogens with zero attached hydrogens (tertiary/aromatic N) is 1. The molecule has 74 valence electrons. The summed E-state index contributed by atoms with van der Waals surface area (Å²) in [5.41, 5.74) is 5.53. The van der Waals surface area contributed by atoms with Crippen LogP contribution in [0, 0.1) is 0 Å². The van der Waals surface area contributed by atoms with Crippen molar-refractivity contribution in [2.45, 2.75) is 12.1 Å². The predicted octanol–water partition coefficient (Wildman–Crippen LogP) is -0.628. The third kappa shape index (κ3) is 1.99.